The van der Waals surface area contributed by atoms with E-state index >= 15 is 0 Å². The number of guanidine groups is 1. The van der Waals surface area contributed by atoms with Gasteiger partial charge in [-0.1, -0.05) is 17.7 Å². The number of aliphatic imine (C=N–C) groups is 1. The van der Waals surface area contributed by atoms with Crippen molar-refractivity contribution in [3.63, 3.8) is 0 Å². The second-order valence-corrected chi connectivity index (χ2v) is 6.55. The lowest BCUT2D eigenvalue weighted by Crippen LogP contribution is -2.37. The Morgan fingerprint density at radius 1 is 1.41 bits per heavy atom. The topological polar surface area (TPSA) is 47.9 Å². The third kappa shape index (κ3) is 4.35. The van der Waals surface area contributed by atoms with Gasteiger partial charge in [-0.3, -0.25) is 4.99 Å². The molecule has 4 nitrogen and oxygen atoms in total. The Morgan fingerprint density at radius 2 is 2.18 bits per heavy atom. The minimum absolute atomic E-state index is 0.347. The number of nitrogens with zero attached hydrogens (tertiary/aromatic N) is 2. The van der Waals surface area contributed by atoms with Gasteiger partial charge in [0.05, 0.1) is 10.9 Å². The molecule has 0 radical (unpaired) electrons. The molecule has 0 saturated heterocycles. The van der Waals surface area contributed by atoms with E-state index in [0.29, 0.717) is 19.0 Å². The van der Waals surface area contributed by atoms with Crippen molar-refractivity contribution in [1.29, 1.82) is 0 Å². The first kappa shape index (κ1) is 16.6. The molecule has 0 aliphatic carbocycles. The van der Waals surface area contributed by atoms with Crippen LogP contribution in [0.4, 0.5) is 4.39 Å². The summed E-state index contributed by atoms with van der Waals surface area (Å²) in [6, 6.07) is 8.15. The largest absolute Gasteiger partial charge is 0.505 e. The van der Waals surface area contributed by atoms with E-state index in [1.54, 1.807) is 13.1 Å². The molecule has 1 aromatic heterocycles. The Balaban J connectivity index is 1.95. The molecule has 0 spiro atoms. The smallest absolute Gasteiger partial charge is 0.193 e. The van der Waals surface area contributed by atoms with E-state index in [4.69, 9.17) is 11.6 Å². The van der Waals surface area contributed by atoms with Crippen LogP contribution in [-0.2, 0) is 13.1 Å². The lowest BCUT2D eigenvalue weighted by atomic mass is 10.2. The van der Waals surface area contributed by atoms with Gasteiger partial charge in [-0.25, -0.2) is 4.39 Å². The van der Waals surface area contributed by atoms with Crippen LogP contribution in [0.15, 0.2) is 35.3 Å². The van der Waals surface area contributed by atoms with Gasteiger partial charge in [0.2, 0.25) is 0 Å². The maximum atomic E-state index is 13.3. The fourth-order valence-corrected chi connectivity index (χ4v) is 3.11. The van der Waals surface area contributed by atoms with Crippen molar-refractivity contribution in [3.8, 4) is 5.75 Å². The number of phenols is 1. The first-order valence-electron chi connectivity index (χ1n) is 6.63. The van der Waals surface area contributed by atoms with Gasteiger partial charge in [0.25, 0.3) is 0 Å². The maximum Gasteiger partial charge on any atom is 0.193 e. The van der Waals surface area contributed by atoms with E-state index in [1.165, 1.54) is 23.5 Å². The quantitative estimate of drug-likeness (QED) is 0.661. The Hall–Kier alpha value is -1.79. The number of halogens is 2. The monoisotopic (exact) mass is 341 g/mol. The third-order valence-corrected chi connectivity index (χ3v) is 4.27. The minimum atomic E-state index is -0.629. The van der Waals surface area contributed by atoms with Gasteiger partial charge < -0.3 is 15.3 Å². The Morgan fingerprint density at radius 3 is 2.77 bits per heavy atom. The summed E-state index contributed by atoms with van der Waals surface area (Å²) < 4.78 is 14.1. The maximum absolute atomic E-state index is 13.3. The summed E-state index contributed by atoms with van der Waals surface area (Å²) in [5, 5.41) is 12.3. The Labute approximate surface area is 137 Å². The standard InChI is InChI=1S/C15H17ClFN3OS/c1-18-15(20(2)9-11-4-6-14(16)22-11)19-8-10-3-5-13(21)12(17)7-10/h3-7,21H,8-9H2,1-2H3,(H,18,19). The number of hydrogen-bond donors (Lipinski definition) is 2. The van der Waals surface area contributed by atoms with Crippen LogP contribution in [0.5, 0.6) is 5.75 Å². The van der Waals surface area contributed by atoms with Gasteiger partial charge in [0, 0.05) is 25.5 Å². The number of benzene rings is 1. The highest BCUT2D eigenvalue weighted by atomic mass is 35.5. The molecule has 0 aliphatic rings. The van der Waals surface area contributed by atoms with Gasteiger partial charge in [-0.05, 0) is 29.8 Å². The first-order valence-corrected chi connectivity index (χ1v) is 7.82. The van der Waals surface area contributed by atoms with Gasteiger partial charge in [-0.15, -0.1) is 11.3 Å². The fraction of sp³-hybridized carbons (Fsp3) is 0.267. The van der Waals surface area contributed by atoms with Crippen LogP contribution in [0.1, 0.15) is 10.4 Å². The van der Waals surface area contributed by atoms with Crippen molar-refractivity contribution in [1.82, 2.24) is 10.2 Å². The molecule has 1 heterocycles. The summed E-state index contributed by atoms with van der Waals surface area (Å²) in [6.07, 6.45) is 0. The summed E-state index contributed by atoms with van der Waals surface area (Å²) in [5.74, 6) is -0.284. The summed E-state index contributed by atoms with van der Waals surface area (Å²) in [7, 11) is 3.61. The Bertz CT molecular complexity index is 675. The van der Waals surface area contributed by atoms with Crippen LogP contribution in [0.2, 0.25) is 4.34 Å². The lowest BCUT2D eigenvalue weighted by Gasteiger charge is -2.21. The average molecular weight is 342 g/mol. The van der Waals surface area contributed by atoms with Gasteiger partial charge in [0.15, 0.2) is 17.5 Å². The highest BCUT2D eigenvalue weighted by Gasteiger charge is 2.09. The second kappa shape index (κ2) is 7.47. The van der Waals surface area contributed by atoms with Crippen molar-refractivity contribution < 1.29 is 9.50 Å². The number of rotatable bonds is 4. The summed E-state index contributed by atoms with van der Waals surface area (Å²) >= 11 is 7.45. The van der Waals surface area contributed by atoms with Crippen LogP contribution in [0.3, 0.4) is 0 Å². The summed E-state index contributed by atoms with van der Waals surface area (Å²) in [6.45, 7) is 1.10. The van der Waals surface area contributed by atoms with Crippen molar-refractivity contribution in [2.45, 2.75) is 13.1 Å². The van der Waals surface area contributed by atoms with Gasteiger partial charge in [0.1, 0.15) is 0 Å². The Kier molecular flexibility index (Phi) is 5.63. The van der Waals surface area contributed by atoms with Gasteiger partial charge >= 0.3 is 0 Å². The molecular formula is C15H17ClFN3OS. The van der Waals surface area contributed by atoms with Gasteiger partial charge in [-0.2, -0.15) is 0 Å². The van der Waals surface area contributed by atoms with E-state index in [2.05, 4.69) is 10.3 Å². The van der Waals surface area contributed by atoms with Crippen LogP contribution < -0.4 is 5.32 Å². The number of hydrogen-bond acceptors (Lipinski definition) is 3. The molecule has 0 aliphatic heterocycles. The summed E-state index contributed by atoms with van der Waals surface area (Å²) in [4.78, 5) is 7.29. The minimum Gasteiger partial charge on any atom is -0.505 e. The van der Waals surface area contributed by atoms with Crippen molar-refractivity contribution in [2.24, 2.45) is 4.99 Å². The molecule has 0 bridgehead atoms. The molecule has 0 amide bonds. The molecular weight excluding hydrogens is 325 g/mol. The number of nitrogens with one attached hydrogen (secondary N) is 1. The first-order chi connectivity index (χ1) is 10.5. The normalized spacial score (nSPS) is 11.5. The molecule has 0 fully saturated rings. The van der Waals surface area contributed by atoms with Crippen LogP contribution in [-0.4, -0.2) is 30.1 Å². The van der Waals surface area contributed by atoms with E-state index in [-0.39, 0.29) is 5.75 Å². The van der Waals surface area contributed by atoms with E-state index < -0.39 is 5.82 Å². The number of phenolic OH excluding ortho intramolecular Hbond substituents is 1. The molecule has 22 heavy (non-hydrogen) atoms. The van der Waals surface area contributed by atoms with Crippen LogP contribution >= 0.6 is 22.9 Å². The highest BCUT2D eigenvalue weighted by Crippen LogP contribution is 2.22. The molecule has 118 valence electrons. The average Bonchev–Trinajstić information content (AvgIpc) is 2.88. The van der Waals surface area contributed by atoms with E-state index in [9.17, 15) is 9.50 Å². The number of aromatic hydroxyl groups is 1. The molecule has 2 rings (SSSR count). The second-order valence-electron chi connectivity index (χ2n) is 4.75. The lowest BCUT2D eigenvalue weighted by molar-refractivity contribution is 0.431. The zero-order valence-corrected chi connectivity index (χ0v) is 13.9. The molecule has 2 N–H and O–H groups in total. The van der Waals surface area contributed by atoms with Crippen molar-refractivity contribution in [2.75, 3.05) is 14.1 Å². The predicted molar refractivity (Wildman–Crippen MR) is 89.1 cm³/mol. The fourth-order valence-electron chi connectivity index (χ4n) is 1.97. The van der Waals surface area contributed by atoms with Crippen molar-refractivity contribution in [3.05, 3.63) is 50.9 Å². The predicted octanol–water partition coefficient (Wildman–Crippen LogP) is 3.45. The SMILES string of the molecule is CN=C(NCc1ccc(O)c(F)c1)N(C)Cc1ccc(Cl)s1. The highest BCUT2D eigenvalue weighted by molar-refractivity contribution is 7.16. The van der Waals surface area contributed by atoms with Crippen LogP contribution in [0.25, 0.3) is 0 Å². The molecule has 7 heteroatoms. The van der Waals surface area contributed by atoms with Crippen molar-refractivity contribution >= 4 is 28.9 Å². The third-order valence-electron chi connectivity index (χ3n) is 3.06. The summed E-state index contributed by atoms with van der Waals surface area (Å²) in [5.41, 5.74) is 0.726. The molecule has 0 atom stereocenters. The molecule has 2 aromatic rings. The number of thiophene rings is 1. The van der Waals surface area contributed by atoms with Crippen LogP contribution in [0, 0.1) is 5.82 Å². The zero-order chi connectivity index (χ0) is 16.1. The molecule has 1 aromatic carbocycles. The molecule has 0 unspecified atom stereocenters. The van der Waals surface area contributed by atoms with E-state index in [0.717, 1.165) is 14.8 Å². The van der Waals surface area contributed by atoms with E-state index in [1.807, 2.05) is 24.1 Å². The zero-order valence-electron chi connectivity index (χ0n) is 12.3. The molecule has 0 saturated carbocycles.